The number of nitrogens with one attached hydrogen (secondary N) is 2. The van der Waals surface area contributed by atoms with Crippen molar-refractivity contribution in [2.45, 2.75) is 57.9 Å². The third kappa shape index (κ3) is 9.51. The van der Waals surface area contributed by atoms with Crippen LogP contribution in [-0.4, -0.2) is 90.3 Å². The summed E-state index contributed by atoms with van der Waals surface area (Å²) in [7, 11) is -3.44. The van der Waals surface area contributed by atoms with Crippen molar-refractivity contribution >= 4 is 44.3 Å². The number of sulfonamides is 1. The first kappa shape index (κ1) is 32.9. The van der Waals surface area contributed by atoms with Crippen LogP contribution >= 0.6 is 0 Å². The molecule has 1 aliphatic carbocycles. The Labute approximate surface area is 252 Å². The maximum atomic E-state index is 11.8. The molecule has 1 saturated carbocycles. The first-order valence-electron chi connectivity index (χ1n) is 13.8. The highest BCUT2D eigenvalue weighted by Gasteiger charge is 2.38. The summed E-state index contributed by atoms with van der Waals surface area (Å²) < 4.78 is 69.8. The highest BCUT2D eigenvalue weighted by atomic mass is 32.2. The molecule has 1 aliphatic heterocycles. The van der Waals surface area contributed by atoms with Gasteiger partial charge in [-0.15, -0.1) is 0 Å². The molecule has 17 heteroatoms. The van der Waals surface area contributed by atoms with E-state index in [1.54, 1.807) is 6.07 Å². The number of aromatic nitrogens is 4. The number of hydrogen-bond donors (Lipinski definition) is 3. The van der Waals surface area contributed by atoms with Crippen molar-refractivity contribution in [2.24, 2.45) is 0 Å². The van der Waals surface area contributed by atoms with Gasteiger partial charge in [-0.1, -0.05) is 0 Å². The van der Waals surface area contributed by atoms with E-state index in [4.69, 9.17) is 24.4 Å². The quantitative estimate of drug-likeness (QED) is 0.343. The van der Waals surface area contributed by atoms with E-state index in [9.17, 15) is 21.6 Å². The van der Waals surface area contributed by atoms with E-state index < -0.39 is 22.2 Å². The topological polar surface area (TPSA) is 169 Å². The fraction of sp³-hybridized carbons (Fsp3) is 0.519. The summed E-state index contributed by atoms with van der Waals surface area (Å²) in [5.74, 6) is -0.834. The molecule has 5 rings (SSSR count). The summed E-state index contributed by atoms with van der Waals surface area (Å²) in [6, 6.07) is 5.89. The van der Waals surface area contributed by atoms with E-state index in [2.05, 4.69) is 29.9 Å². The van der Waals surface area contributed by atoms with Crippen LogP contribution in [0.5, 0.6) is 5.88 Å². The minimum Gasteiger partial charge on any atom is -0.475 e. The summed E-state index contributed by atoms with van der Waals surface area (Å²) in [4.78, 5) is 29.4. The Kier molecular flexibility index (Phi) is 10.3. The molecule has 13 nitrogen and oxygen atoms in total. The molecular formula is C27H34F3N7O6S. The van der Waals surface area contributed by atoms with E-state index in [-0.39, 0.29) is 12.1 Å². The number of rotatable bonds is 7. The van der Waals surface area contributed by atoms with Crippen LogP contribution in [0.4, 0.5) is 30.6 Å². The first-order chi connectivity index (χ1) is 20.7. The van der Waals surface area contributed by atoms with E-state index in [1.165, 1.54) is 6.20 Å². The number of hydrogen-bond acceptors (Lipinski definition) is 11. The van der Waals surface area contributed by atoms with E-state index in [0.717, 1.165) is 62.2 Å². The largest absolute Gasteiger partial charge is 0.490 e. The number of carboxylic acid groups (broad SMARTS) is 1. The number of carbonyl (C=O) groups is 1. The molecule has 0 atom stereocenters. The van der Waals surface area contributed by atoms with Crippen LogP contribution in [0.25, 0.3) is 10.9 Å². The SMILES string of the molecule is Cc1cc(C)nc(NC2CCC(Oc3nc(N4CCOCC4)cc4ncc(NS(C)(=O)=O)cc34)CC2)n1.O=C(O)C(F)(F)F. The molecular weight excluding hydrogens is 607 g/mol. The zero-order valence-electron chi connectivity index (χ0n) is 24.4. The lowest BCUT2D eigenvalue weighted by Crippen LogP contribution is -2.37. The second-order valence-electron chi connectivity index (χ2n) is 10.6. The van der Waals surface area contributed by atoms with Gasteiger partial charge in [-0.25, -0.2) is 23.2 Å². The van der Waals surface area contributed by atoms with E-state index in [1.807, 2.05) is 26.0 Å². The summed E-state index contributed by atoms with van der Waals surface area (Å²) in [5.41, 5.74) is 2.97. The molecule has 3 aromatic heterocycles. The molecule has 2 fully saturated rings. The Morgan fingerprint density at radius 1 is 1.05 bits per heavy atom. The second kappa shape index (κ2) is 13.8. The van der Waals surface area contributed by atoms with Crippen LogP contribution in [0.3, 0.4) is 0 Å². The predicted molar refractivity (Wildman–Crippen MR) is 157 cm³/mol. The molecule has 4 heterocycles. The number of morpholine rings is 1. The highest BCUT2D eigenvalue weighted by Crippen LogP contribution is 2.33. The molecule has 44 heavy (non-hydrogen) atoms. The molecule has 3 N–H and O–H groups in total. The van der Waals surface area contributed by atoms with Crippen molar-refractivity contribution < 1.29 is 41.0 Å². The number of pyridine rings is 2. The maximum absolute atomic E-state index is 11.8. The highest BCUT2D eigenvalue weighted by molar-refractivity contribution is 7.92. The number of aliphatic carboxylic acids is 1. The third-order valence-electron chi connectivity index (χ3n) is 6.78. The molecule has 1 saturated heterocycles. The van der Waals surface area contributed by atoms with Gasteiger partial charge in [-0.05, 0) is 51.7 Å². The summed E-state index contributed by atoms with van der Waals surface area (Å²) in [6.45, 7) is 6.70. The number of nitrogens with zero attached hydrogens (tertiary/aromatic N) is 5. The lowest BCUT2D eigenvalue weighted by Gasteiger charge is -2.31. The van der Waals surface area contributed by atoms with Gasteiger partial charge in [0, 0.05) is 36.6 Å². The fourth-order valence-corrected chi connectivity index (χ4v) is 5.39. The normalized spacial score (nSPS) is 19.1. The van der Waals surface area contributed by atoms with Crippen molar-refractivity contribution in [1.29, 1.82) is 0 Å². The van der Waals surface area contributed by atoms with Crippen LogP contribution in [0.15, 0.2) is 24.4 Å². The Morgan fingerprint density at radius 2 is 1.66 bits per heavy atom. The lowest BCUT2D eigenvalue weighted by atomic mass is 9.93. The molecule has 240 valence electrons. The average Bonchev–Trinajstić information content (AvgIpc) is 2.93. The number of ether oxygens (including phenoxy) is 2. The molecule has 0 radical (unpaired) electrons. The maximum Gasteiger partial charge on any atom is 0.490 e. The van der Waals surface area contributed by atoms with Crippen LogP contribution < -0.4 is 19.7 Å². The number of halogens is 3. The van der Waals surface area contributed by atoms with Crippen molar-refractivity contribution in [1.82, 2.24) is 19.9 Å². The molecule has 0 unspecified atom stereocenters. The van der Waals surface area contributed by atoms with Gasteiger partial charge in [0.15, 0.2) is 0 Å². The molecule has 0 amide bonds. The van der Waals surface area contributed by atoms with Gasteiger partial charge in [-0.3, -0.25) is 9.71 Å². The van der Waals surface area contributed by atoms with Gasteiger partial charge in [0.05, 0.1) is 42.3 Å². The molecule has 0 spiro atoms. The summed E-state index contributed by atoms with van der Waals surface area (Å²) >= 11 is 0. The number of aryl methyl sites for hydroxylation is 2. The van der Waals surface area contributed by atoms with Crippen LogP contribution in [-0.2, 0) is 19.6 Å². The van der Waals surface area contributed by atoms with Crippen molar-refractivity contribution in [3.8, 4) is 5.88 Å². The Balaban J connectivity index is 0.000000566. The smallest absolute Gasteiger partial charge is 0.475 e. The molecule has 0 aromatic carbocycles. The Morgan fingerprint density at radius 3 is 2.23 bits per heavy atom. The minimum absolute atomic E-state index is 0.0135. The van der Waals surface area contributed by atoms with Gasteiger partial charge >= 0.3 is 12.1 Å². The van der Waals surface area contributed by atoms with Gasteiger partial charge in [0.2, 0.25) is 21.9 Å². The lowest BCUT2D eigenvalue weighted by molar-refractivity contribution is -0.192. The molecule has 3 aromatic rings. The zero-order valence-corrected chi connectivity index (χ0v) is 25.2. The summed E-state index contributed by atoms with van der Waals surface area (Å²) in [6.07, 6.45) is 1.07. The number of anilines is 3. The van der Waals surface area contributed by atoms with Crippen LogP contribution in [0.1, 0.15) is 37.1 Å². The standard InChI is InChI=1S/C25H33N7O4S.C2HF3O2/c1-16-12-17(2)28-25(27-16)29-18-4-6-20(7-5-18)36-24-21-13-19(31-37(3,33)34)15-26-22(21)14-23(30-24)32-8-10-35-11-9-32;3-2(4,5)1(6)7/h12-15,18,20,31H,4-11H2,1-3H3,(H,27,28,29);(H,6,7). The fourth-order valence-electron chi connectivity index (χ4n) is 4.85. The first-order valence-corrected chi connectivity index (χ1v) is 15.7. The molecule has 2 aliphatic rings. The van der Waals surface area contributed by atoms with Crippen LogP contribution in [0.2, 0.25) is 0 Å². The summed E-state index contributed by atoms with van der Waals surface area (Å²) in [5, 5.41) is 11.3. The average molecular weight is 642 g/mol. The number of carboxylic acids is 1. The van der Waals surface area contributed by atoms with Crippen LogP contribution in [0, 0.1) is 13.8 Å². The predicted octanol–water partition coefficient (Wildman–Crippen LogP) is 3.68. The van der Waals surface area contributed by atoms with Crippen molar-refractivity contribution in [3.63, 3.8) is 0 Å². The van der Waals surface area contributed by atoms with E-state index in [0.29, 0.717) is 41.6 Å². The Bertz CT molecular complexity index is 1560. The van der Waals surface area contributed by atoms with Gasteiger partial charge in [0.1, 0.15) is 11.9 Å². The number of fused-ring (bicyclic) bond motifs is 1. The zero-order chi connectivity index (χ0) is 32.1. The Hall–Kier alpha value is -3.99. The minimum atomic E-state index is -5.08. The molecule has 0 bridgehead atoms. The van der Waals surface area contributed by atoms with Gasteiger partial charge in [0.25, 0.3) is 0 Å². The number of alkyl halides is 3. The monoisotopic (exact) mass is 641 g/mol. The van der Waals surface area contributed by atoms with Crippen molar-refractivity contribution in [3.05, 3.63) is 35.8 Å². The van der Waals surface area contributed by atoms with Crippen molar-refractivity contribution in [2.75, 3.05) is 47.5 Å². The third-order valence-corrected chi connectivity index (χ3v) is 7.39. The second-order valence-corrected chi connectivity index (χ2v) is 12.3. The van der Waals surface area contributed by atoms with Gasteiger partial charge < -0.3 is 24.8 Å². The van der Waals surface area contributed by atoms with Gasteiger partial charge in [-0.2, -0.15) is 18.2 Å². The van der Waals surface area contributed by atoms with E-state index >= 15 is 0 Å².